The van der Waals surface area contributed by atoms with Crippen molar-refractivity contribution in [2.75, 3.05) is 13.6 Å². The van der Waals surface area contributed by atoms with Crippen molar-refractivity contribution in [2.45, 2.75) is 19.1 Å². The minimum atomic E-state index is -0.159. The summed E-state index contributed by atoms with van der Waals surface area (Å²) in [5.74, 6) is 1.10. The van der Waals surface area contributed by atoms with E-state index in [9.17, 15) is 9.90 Å². The van der Waals surface area contributed by atoms with E-state index in [1.807, 2.05) is 30.3 Å². The Kier molecular flexibility index (Phi) is 4.37. The minimum Gasteiger partial charge on any atom is -0.508 e. The third-order valence-corrected chi connectivity index (χ3v) is 3.87. The molecule has 1 unspecified atom stereocenters. The predicted octanol–water partition coefficient (Wildman–Crippen LogP) is 2.54. The highest BCUT2D eigenvalue weighted by atomic mass is 16.5. The number of ether oxygens (including phenoxy) is 1. The van der Waals surface area contributed by atoms with Gasteiger partial charge in [0.15, 0.2) is 0 Å². The van der Waals surface area contributed by atoms with Crippen molar-refractivity contribution < 1.29 is 14.6 Å². The van der Waals surface area contributed by atoms with Crippen LogP contribution in [0.25, 0.3) is 0 Å². The Morgan fingerprint density at radius 1 is 1.30 bits per heavy atom. The molecule has 1 aliphatic heterocycles. The van der Waals surface area contributed by atoms with Gasteiger partial charge in [-0.25, -0.2) is 4.79 Å². The van der Waals surface area contributed by atoms with Gasteiger partial charge in [-0.05, 0) is 29.3 Å². The summed E-state index contributed by atoms with van der Waals surface area (Å²) in [7, 11) is 1.73. The molecule has 0 fully saturated rings. The van der Waals surface area contributed by atoms with Gasteiger partial charge in [0.25, 0.3) is 0 Å². The molecule has 5 nitrogen and oxygen atoms in total. The van der Waals surface area contributed by atoms with E-state index in [4.69, 9.17) is 4.74 Å². The number of carbonyl (C=O) groups is 1. The van der Waals surface area contributed by atoms with Crippen LogP contribution in [0.5, 0.6) is 11.5 Å². The molecule has 1 aliphatic rings. The Bertz CT molecular complexity index is 677. The summed E-state index contributed by atoms with van der Waals surface area (Å²) in [5.41, 5.74) is 2.06. The van der Waals surface area contributed by atoms with Crippen molar-refractivity contribution in [2.24, 2.45) is 0 Å². The highest BCUT2D eigenvalue weighted by molar-refractivity contribution is 5.73. The largest absolute Gasteiger partial charge is 0.508 e. The van der Waals surface area contributed by atoms with Crippen LogP contribution in [0.4, 0.5) is 4.79 Å². The quantitative estimate of drug-likeness (QED) is 0.912. The van der Waals surface area contributed by atoms with Gasteiger partial charge < -0.3 is 20.1 Å². The number of phenolic OH excluding ortho intramolecular Hbond substituents is 1. The fourth-order valence-electron chi connectivity index (χ4n) is 2.70. The number of carbonyl (C=O) groups excluding carboxylic acids is 1. The van der Waals surface area contributed by atoms with E-state index in [1.165, 1.54) is 5.56 Å². The lowest BCUT2D eigenvalue weighted by Crippen LogP contribution is -2.41. The summed E-state index contributed by atoms with van der Waals surface area (Å²) >= 11 is 0. The number of nitrogens with zero attached hydrogens (tertiary/aromatic N) is 1. The second-order valence-electron chi connectivity index (χ2n) is 5.76. The molecule has 3 rings (SSSR count). The number of nitrogens with one attached hydrogen (secondary N) is 1. The Morgan fingerprint density at radius 2 is 2.13 bits per heavy atom. The summed E-state index contributed by atoms with van der Waals surface area (Å²) in [4.78, 5) is 13.7. The molecule has 2 aromatic rings. The van der Waals surface area contributed by atoms with Crippen LogP contribution in [-0.4, -0.2) is 35.7 Å². The summed E-state index contributed by atoms with van der Waals surface area (Å²) in [6, 6.07) is 14.7. The molecule has 5 heteroatoms. The molecule has 2 N–H and O–H groups in total. The average Bonchev–Trinajstić information content (AvgIpc) is 2.95. The van der Waals surface area contributed by atoms with E-state index >= 15 is 0 Å². The maximum Gasteiger partial charge on any atom is 0.317 e. The molecule has 2 amide bonds. The second-order valence-corrected chi connectivity index (χ2v) is 5.76. The smallest absolute Gasteiger partial charge is 0.317 e. The summed E-state index contributed by atoms with van der Waals surface area (Å²) in [5, 5.41) is 12.4. The van der Waals surface area contributed by atoms with Crippen molar-refractivity contribution in [1.29, 1.82) is 0 Å². The average molecular weight is 312 g/mol. The predicted molar refractivity (Wildman–Crippen MR) is 87.5 cm³/mol. The van der Waals surface area contributed by atoms with Gasteiger partial charge in [-0.3, -0.25) is 0 Å². The van der Waals surface area contributed by atoms with Gasteiger partial charge in [0.2, 0.25) is 0 Å². The van der Waals surface area contributed by atoms with Crippen LogP contribution in [-0.2, 0) is 13.0 Å². The van der Waals surface area contributed by atoms with Crippen LogP contribution in [0.2, 0.25) is 0 Å². The van der Waals surface area contributed by atoms with Gasteiger partial charge in [0, 0.05) is 20.0 Å². The molecule has 120 valence electrons. The van der Waals surface area contributed by atoms with Gasteiger partial charge in [-0.15, -0.1) is 0 Å². The zero-order chi connectivity index (χ0) is 16.2. The van der Waals surface area contributed by atoms with Crippen molar-refractivity contribution in [3.63, 3.8) is 0 Å². The number of amides is 2. The van der Waals surface area contributed by atoms with E-state index in [1.54, 1.807) is 30.1 Å². The number of phenols is 1. The SMILES string of the molecule is CN(Cc1cccc(O)c1)C(=O)NCC1Cc2ccccc2O1. The maximum atomic E-state index is 12.2. The summed E-state index contributed by atoms with van der Waals surface area (Å²) in [6.07, 6.45) is 0.790. The summed E-state index contributed by atoms with van der Waals surface area (Å²) in [6.45, 7) is 0.907. The number of urea groups is 1. The molecule has 0 radical (unpaired) electrons. The lowest BCUT2D eigenvalue weighted by Gasteiger charge is -2.19. The molecule has 2 aromatic carbocycles. The van der Waals surface area contributed by atoms with Gasteiger partial charge in [-0.1, -0.05) is 30.3 Å². The van der Waals surface area contributed by atoms with Gasteiger partial charge in [0.1, 0.15) is 17.6 Å². The molecule has 23 heavy (non-hydrogen) atoms. The zero-order valence-corrected chi connectivity index (χ0v) is 13.0. The van der Waals surface area contributed by atoms with Crippen LogP contribution in [0.1, 0.15) is 11.1 Å². The fourth-order valence-corrected chi connectivity index (χ4v) is 2.70. The van der Waals surface area contributed by atoms with E-state index in [0.29, 0.717) is 13.1 Å². The second kappa shape index (κ2) is 6.60. The molecule has 0 spiro atoms. The van der Waals surface area contributed by atoms with Crippen LogP contribution >= 0.6 is 0 Å². The van der Waals surface area contributed by atoms with E-state index in [0.717, 1.165) is 17.7 Å². The van der Waals surface area contributed by atoms with E-state index < -0.39 is 0 Å². The minimum absolute atomic E-state index is 0.0227. The zero-order valence-electron chi connectivity index (χ0n) is 13.0. The first-order valence-corrected chi connectivity index (χ1v) is 7.63. The van der Waals surface area contributed by atoms with Crippen molar-refractivity contribution in [3.8, 4) is 11.5 Å². The molecule has 1 heterocycles. The number of benzene rings is 2. The molecule has 0 saturated carbocycles. The number of hydrogen-bond donors (Lipinski definition) is 2. The first-order valence-electron chi connectivity index (χ1n) is 7.63. The van der Waals surface area contributed by atoms with Gasteiger partial charge in [0.05, 0.1) is 6.54 Å². The molecular formula is C18H20N2O3. The molecular weight excluding hydrogens is 292 g/mol. The molecule has 0 bridgehead atoms. The Hall–Kier alpha value is -2.69. The number of para-hydroxylation sites is 1. The van der Waals surface area contributed by atoms with Crippen LogP contribution in [0.15, 0.2) is 48.5 Å². The number of fused-ring (bicyclic) bond motifs is 1. The van der Waals surface area contributed by atoms with Gasteiger partial charge >= 0.3 is 6.03 Å². The Morgan fingerprint density at radius 3 is 2.91 bits per heavy atom. The molecule has 0 aliphatic carbocycles. The van der Waals surface area contributed by atoms with Gasteiger partial charge in [-0.2, -0.15) is 0 Å². The van der Waals surface area contributed by atoms with Crippen LogP contribution in [0.3, 0.4) is 0 Å². The number of aromatic hydroxyl groups is 1. The fraction of sp³-hybridized carbons (Fsp3) is 0.278. The molecule has 1 atom stereocenters. The normalized spacial score (nSPS) is 15.6. The number of hydrogen-bond acceptors (Lipinski definition) is 3. The Balaban J connectivity index is 1.48. The lowest BCUT2D eigenvalue weighted by molar-refractivity contribution is 0.191. The lowest BCUT2D eigenvalue weighted by atomic mass is 10.1. The maximum absolute atomic E-state index is 12.2. The molecule has 0 saturated heterocycles. The van der Waals surface area contributed by atoms with Crippen molar-refractivity contribution in [3.05, 3.63) is 59.7 Å². The highest BCUT2D eigenvalue weighted by Crippen LogP contribution is 2.27. The standard InChI is InChI=1S/C18H20N2O3/c1-20(12-13-5-4-7-15(21)9-13)18(22)19-11-16-10-14-6-2-3-8-17(14)23-16/h2-9,16,21H,10-12H2,1H3,(H,19,22). The Labute approximate surface area is 135 Å². The first kappa shape index (κ1) is 15.2. The van der Waals surface area contributed by atoms with Crippen molar-refractivity contribution in [1.82, 2.24) is 10.2 Å². The topological polar surface area (TPSA) is 61.8 Å². The van der Waals surface area contributed by atoms with E-state index in [-0.39, 0.29) is 17.9 Å². The first-order chi connectivity index (χ1) is 11.1. The van der Waals surface area contributed by atoms with Crippen LogP contribution < -0.4 is 10.1 Å². The summed E-state index contributed by atoms with van der Waals surface area (Å²) < 4.78 is 5.80. The highest BCUT2D eigenvalue weighted by Gasteiger charge is 2.23. The molecule has 0 aromatic heterocycles. The van der Waals surface area contributed by atoms with E-state index in [2.05, 4.69) is 5.32 Å². The third kappa shape index (κ3) is 3.74. The monoisotopic (exact) mass is 312 g/mol. The van der Waals surface area contributed by atoms with Crippen molar-refractivity contribution >= 4 is 6.03 Å². The number of rotatable bonds is 4. The third-order valence-electron chi connectivity index (χ3n) is 3.87. The van der Waals surface area contributed by atoms with Crippen LogP contribution in [0, 0.1) is 0 Å².